The molecule has 0 spiro atoms. The van der Waals surface area contributed by atoms with Gasteiger partial charge in [0.15, 0.2) is 0 Å². The van der Waals surface area contributed by atoms with Gasteiger partial charge in [-0.1, -0.05) is 6.92 Å². The van der Waals surface area contributed by atoms with E-state index in [1.165, 1.54) is 4.90 Å². The second-order valence-electron chi connectivity index (χ2n) is 8.17. The van der Waals surface area contributed by atoms with Crippen molar-refractivity contribution in [1.29, 1.82) is 0 Å². The summed E-state index contributed by atoms with van der Waals surface area (Å²) in [5, 5.41) is 9.01. The average Bonchev–Trinajstić information content (AvgIpc) is 2.77. The van der Waals surface area contributed by atoms with Crippen molar-refractivity contribution in [3.05, 3.63) is 29.8 Å². The van der Waals surface area contributed by atoms with Crippen molar-refractivity contribution in [2.24, 2.45) is 0 Å². The van der Waals surface area contributed by atoms with E-state index in [2.05, 4.69) is 11.8 Å². The summed E-state index contributed by atoms with van der Waals surface area (Å²) in [5.74, 6) is 0.0903. The summed E-state index contributed by atoms with van der Waals surface area (Å²) in [6, 6.07) is 4.13. The number of ether oxygens (including phenoxy) is 2. The highest BCUT2D eigenvalue weighted by Gasteiger charge is 2.31. The molecule has 1 amide bonds. The lowest BCUT2D eigenvalue weighted by molar-refractivity contribution is -0.137. The van der Waals surface area contributed by atoms with Crippen molar-refractivity contribution >= 4 is 6.09 Å². The van der Waals surface area contributed by atoms with Gasteiger partial charge in [-0.3, -0.25) is 0 Å². The molecule has 1 saturated carbocycles. The minimum atomic E-state index is -4.42. The van der Waals surface area contributed by atoms with Crippen molar-refractivity contribution in [2.75, 3.05) is 39.9 Å². The van der Waals surface area contributed by atoms with Crippen LogP contribution in [0.25, 0.3) is 0 Å². The molecule has 182 valence electrons. The van der Waals surface area contributed by atoms with Gasteiger partial charge in [-0.25, -0.2) is 4.79 Å². The topological polar surface area (TPSA) is 62.2 Å². The zero-order valence-electron chi connectivity index (χ0n) is 18.9. The van der Waals surface area contributed by atoms with Crippen molar-refractivity contribution in [3.63, 3.8) is 0 Å². The summed E-state index contributed by atoms with van der Waals surface area (Å²) in [7, 11) is 1.66. The molecule has 32 heavy (non-hydrogen) atoms. The molecule has 2 rings (SSSR count). The fourth-order valence-corrected chi connectivity index (χ4v) is 3.89. The van der Waals surface area contributed by atoms with Gasteiger partial charge < -0.3 is 24.4 Å². The average molecular weight is 461 g/mol. The normalized spacial score (nSPS) is 19.2. The summed E-state index contributed by atoms with van der Waals surface area (Å²) in [6.07, 6.45) is 0.496. The van der Waals surface area contributed by atoms with Gasteiger partial charge in [0.25, 0.3) is 0 Å². The van der Waals surface area contributed by atoms with Crippen LogP contribution in [0.15, 0.2) is 24.3 Å². The number of benzene rings is 1. The van der Waals surface area contributed by atoms with Crippen LogP contribution in [0.2, 0.25) is 0 Å². The minimum absolute atomic E-state index is 0.0217. The first-order valence-electron chi connectivity index (χ1n) is 11.3. The number of halogens is 3. The Labute approximate surface area is 188 Å². The van der Waals surface area contributed by atoms with Crippen molar-refractivity contribution in [3.8, 4) is 5.75 Å². The molecule has 0 unspecified atom stereocenters. The van der Waals surface area contributed by atoms with Gasteiger partial charge in [0.2, 0.25) is 0 Å². The second kappa shape index (κ2) is 13.0. The highest BCUT2D eigenvalue weighted by atomic mass is 19.4. The second-order valence-corrected chi connectivity index (χ2v) is 8.17. The largest absolute Gasteiger partial charge is 0.416 e. The first kappa shape index (κ1) is 26.4. The van der Waals surface area contributed by atoms with Crippen LogP contribution in [0.5, 0.6) is 5.75 Å². The standard InChI is InChI=1S/C23H35F3N2O4/c1-3-28(15-16-29)14-4-5-17-31-20-12-8-19(9-13-20)27(2)22(30)32-21-10-6-18(7-11-21)23(24,25)26/h6-7,10-11,19-20,29H,3-5,8-9,12-17H2,1-2H3. The van der Waals surface area contributed by atoms with E-state index >= 15 is 0 Å². The molecule has 0 saturated heterocycles. The predicted molar refractivity (Wildman–Crippen MR) is 116 cm³/mol. The molecule has 0 atom stereocenters. The third kappa shape index (κ3) is 8.60. The Morgan fingerprint density at radius 1 is 1.09 bits per heavy atom. The molecule has 0 heterocycles. The van der Waals surface area contributed by atoms with Crippen LogP contribution in [0, 0.1) is 0 Å². The highest BCUT2D eigenvalue weighted by molar-refractivity contribution is 5.70. The van der Waals surface area contributed by atoms with Crippen LogP contribution in [0.3, 0.4) is 0 Å². The van der Waals surface area contributed by atoms with Gasteiger partial charge in [-0.2, -0.15) is 13.2 Å². The van der Waals surface area contributed by atoms with E-state index in [0.29, 0.717) is 13.2 Å². The fraction of sp³-hybridized carbons (Fsp3) is 0.696. The lowest BCUT2D eigenvalue weighted by Gasteiger charge is -2.34. The van der Waals surface area contributed by atoms with Gasteiger partial charge in [0, 0.05) is 26.2 Å². The van der Waals surface area contributed by atoms with Crippen molar-refractivity contribution < 1.29 is 32.5 Å². The third-order valence-electron chi connectivity index (χ3n) is 5.95. The molecule has 6 nitrogen and oxygen atoms in total. The van der Waals surface area contributed by atoms with Crippen LogP contribution in [0.4, 0.5) is 18.0 Å². The van der Waals surface area contributed by atoms with Gasteiger partial charge in [-0.15, -0.1) is 0 Å². The number of aliphatic hydroxyl groups is 1. The summed E-state index contributed by atoms with van der Waals surface area (Å²) in [4.78, 5) is 16.1. The molecule has 0 radical (unpaired) electrons. The van der Waals surface area contributed by atoms with Crippen LogP contribution >= 0.6 is 0 Å². The van der Waals surface area contributed by atoms with Gasteiger partial charge in [0.05, 0.1) is 18.3 Å². The molecule has 0 aliphatic heterocycles. The Morgan fingerprint density at radius 3 is 2.31 bits per heavy atom. The Hall–Kier alpha value is -1.84. The summed E-state index contributed by atoms with van der Waals surface area (Å²) < 4.78 is 49.1. The van der Waals surface area contributed by atoms with Gasteiger partial charge >= 0.3 is 12.3 Å². The van der Waals surface area contributed by atoms with Crippen LogP contribution in [0.1, 0.15) is 51.0 Å². The van der Waals surface area contributed by atoms with E-state index in [-0.39, 0.29) is 24.5 Å². The molecular weight excluding hydrogens is 425 g/mol. The number of alkyl halides is 3. The first-order valence-corrected chi connectivity index (χ1v) is 11.3. The number of hydrogen-bond acceptors (Lipinski definition) is 5. The number of likely N-dealkylation sites (N-methyl/N-ethyl adjacent to an activating group) is 1. The summed E-state index contributed by atoms with van der Waals surface area (Å²) in [5.41, 5.74) is -0.781. The predicted octanol–water partition coefficient (Wildman–Crippen LogP) is 4.56. The molecule has 9 heteroatoms. The molecule has 1 fully saturated rings. The zero-order valence-corrected chi connectivity index (χ0v) is 18.9. The Bertz CT molecular complexity index is 677. The quantitative estimate of drug-likeness (QED) is 0.491. The van der Waals surface area contributed by atoms with E-state index in [9.17, 15) is 18.0 Å². The third-order valence-corrected chi connectivity index (χ3v) is 5.95. The molecule has 1 aromatic rings. The lowest BCUT2D eigenvalue weighted by Crippen LogP contribution is -2.42. The molecule has 1 aliphatic rings. The number of carbonyl (C=O) groups is 1. The smallest absolute Gasteiger partial charge is 0.410 e. The van der Waals surface area contributed by atoms with E-state index < -0.39 is 17.8 Å². The molecular formula is C23H35F3N2O4. The maximum atomic E-state index is 12.6. The minimum Gasteiger partial charge on any atom is -0.410 e. The van der Waals surface area contributed by atoms with Crippen molar-refractivity contribution in [2.45, 2.75) is 63.8 Å². The fourth-order valence-electron chi connectivity index (χ4n) is 3.89. The number of carbonyl (C=O) groups excluding carboxylic acids is 1. The summed E-state index contributed by atoms with van der Waals surface area (Å²) >= 11 is 0. The molecule has 0 aromatic heterocycles. The first-order chi connectivity index (χ1) is 15.2. The monoisotopic (exact) mass is 460 g/mol. The molecule has 1 aromatic carbocycles. The van der Waals surface area contributed by atoms with E-state index in [0.717, 1.165) is 75.9 Å². The number of rotatable bonds is 11. The Morgan fingerprint density at radius 2 is 1.75 bits per heavy atom. The molecule has 1 aliphatic carbocycles. The van der Waals surface area contributed by atoms with E-state index in [4.69, 9.17) is 14.6 Å². The van der Waals surface area contributed by atoms with E-state index in [1.807, 2.05) is 0 Å². The maximum absolute atomic E-state index is 12.6. The number of nitrogens with zero attached hydrogens (tertiary/aromatic N) is 2. The van der Waals surface area contributed by atoms with Gasteiger partial charge in [-0.05, 0) is 75.9 Å². The number of amides is 1. The number of hydrogen-bond donors (Lipinski definition) is 1. The Balaban J connectivity index is 1.66. The SMILES string of the molecule is CCN(CCO)CCCCOC1CCC(N(C)C(=O)Oc2ccc(C(F)(F)F)cc2)CC1. The molecule has 1 N–H and O–H groups in total. The van der Waals surface area contributed by atoms with Crippen LogP contribution in [-0.4, -0.2) is 73.0 Å². The highest BCUT2D eigenvalue weighted by Crippen LogP contribution is 2.30. The zero-order chi connectivity index (χ0) is 23.6. The molecule has 0 bridgehead atoms. The van der Waals surface area contributed by atoms with Crippen LogP contribution < -0.4 is 4.74 Å². The van der Waals surface area contributed by atoms with Gasteiger partial charge in [0.1, 0.15) is 5.75 Å². The van der Waals surface area contributed by atoms with E-state index in [1.54, 1.807) is 7.05 Å². The number of unbranched alkanes of at least 4 members (excludes halogenated alkanes) is 1. The summed E-state index contributed by atoms with van der Waals surface area (Å²) in [6.45, 7) is 5.56. The van der Waals surface area contributed by atoms with Crippen molar-refractivity contribution in [1.82, 2.24) is 9.80 Å². The maximum Gasteiger partial charge on any atom is 0.416 e. The lowest BCUT2D eigenvalue weighted by atomic mass is 9.92. The number of aliphatic hydroxyl groups excluding tert-OH is 1. The van der Waals surface area contributed by atoms with Crippen LogP contribution in [-0.2, 0) is 10.9 Å². The Kier molecular flexibility index (Phi) is 10.7.